The van der Waals surface area contributed by atoms with Gasteiger partial charge < -0.3 is 10.7 Å². The van der Waals surface area contributed by atoms with Crippen molar-refractivity contribution in [2.75, 3.05) is 0 Å². The molecule has 96 valence electrons. The van der Waals surface area contributed by atoms with E-state index in [-0.39, 0.29) is 0 Å². The van der Waals surface area contributed by atoms with Crippen molar-refractivity contribution in [3.8, 4) is 11.4 Å². The summed E-state index contributed by atoms with van der Waals surface area (Å²) < 4.78 is 0. The summed E-state index contributed by atoms with van der Waals surface area (Å²) in [6.07, 6.45) is 0. The lowest BCUT2D eigenvalue weighted by molar-refractivity contribution is 1.08. The number of imidazole rings is 1. The second-order valence-corrected chi connectivity index (χ2v) is 5.00. The molecule has 1 heterocycles. The number of H-pyrrole nitrogens is 1. The molecule has 0 saturated heterocycles. The Morgan fingerprint density at radius 3 is 2.89 bits per heavy atom. The van der Waals surface area contributed by atoms with E-state index >= 15 is 0 Å². The highest BCUT2D eigenvalue weighted by molar-refractivity contribution is 6.30. The summed E-state index contributed by atoms with van der Waals surface area (Å²) >= 11 is 6.06. The molecular weight excluding hydrogens is 258 g/mol. The Balaban J connectivity index is 2.23. The fourth-order valence-electron chi connectivity index (χ4n) is 2.23. The first-order chi connectivity index (χ1) is 9.19. The minimum absolute atomic E-state index is 0.482. The second-order valence-electron chi connectivity index (χ2n) is 4.56. The maximum absolute atomic E-state index is 6.06. The molecule has 0 aliphatic rings. The van der Waals surface area contributed by atoms with Gasteiger partial charge in [0.2, 0.25) is 0 Å². The summed E-state index contributed by atoms with van der Waals surface area (Å²) in [6.45, 7) is 2.53. The van der Waals surface area contributed by atoms with Crippen LogP contribution in [0, 0.1) is 6.92 Å². The average Bonchev–Trinajstić information content (AvgIpc) is 2.85. The van der Waals surface area contributed by atoms with Crippen molar-refractivity contribution in [1.29, 1.82) is 0 Å². The van der Waals surface area contributed by atoms with Gasteiger partial charge in [-0.3, -0.25) is 0 Å². The van der Waals surface area contributed by atoms with Crippen molar-refractivity contribution in [1.82, 2.24) is 9.97 Å². The minimum Gasteiger partial charge on any atom is -0.338 e. The van der Waals surface area contributed by atoms with Crippen LogP contribution in [-0.4, -0.2) is 9.97 Å². The lowest BCUT2D eigenvalue weighted by Gasteiger charge is -2.02. The molecule has 3 nitrogen and oxygen atoms in total. The van der Waals surface area contributed by atoms with Crippen molar-refractivity contribution in [2.24, 2.45) is 5.73 Å². The summed E-state index contributed by atoms with van der Waals surface area (Å²) in [4.78, 5) is 7.99. The van der Waals surface area contributed by atoms with Crippen molar-refractivity contribution < 1.29 is 0 Å². The smallest absolute Gasteiger partial charge is 0.138 e. The van der Waals surface area contributed by atoms with E-state index in [1.165, 1.54) is 0 Å². The Hall–Kier alpha value is -1.84. The van der Waals surface area contributed by atoms with Crippen molar-refractivity contribution in [3.63, 3.8) is 0 Å². The summed E-state index contributed by atoms with van der Waals surface area (Å²) in [5, 5.41) is 0.708. The van der Waals surface area contributed by atoms with E-state index < -0.39 is 0 Å². The topological polar surface area (TPSA) is 54.7 Å². The highest BCUT2D eigenvalue weighted by Crippen LogP contribution is 2.27. The zero-order chi connectivity index (χ0) is 13.4. The Morgan fingerprint density at radius 1 is 1.26 bits per heavy atom. The highest BCUT2D eigenvalue weighted by Gasteiger charge is 2.10. The molecule has 0 aliphatic heterocycles. The number of aromatic amines is 1. The van der Waals surface area contributed by atoms with Gasteiger partial charge >= 0.3 is 0 Å². The van der Waals surface area contributed by atoms with E-state index in [4.69, 9.17) is 17.3 Å². The molecule has 3 aromatic rings. The largest absolute Gasteiger partial charge is 0.338 e. The molecule has 0 unspecified atom stereocenters. The number of aromatic nitrogens is 2. The van der Waals surface area contributed by atoms with Crippen LogP contribution < -0.4 is 5.73 Å². The zero-order valence-electron chi connectivity index (χ0n) is 10.6. The summed E-state index contributed by atoms with van der Waals surface area (Å²) in [7, 11) is 0. The number of hydrogen-bond donors (Lipinski definition) is 2. The number of aryl methyl sites for hydroxylation is 1. The molecule has 0 radical (unpaired) electrons. The molecule has 4 heteroatoms. The normalized spacial score (nSPS) is 11.1. The van der Waals surface area contributed by atoms with Crippen LogP contribution in [0.3, 0.4) is 0 Å². The van der Waals surface area contributed by atoms with Gasteiger partial charge in [0.1, 0.15) is 5.82 Å². The Kier molecular flexibility index (Phi) is 3.01. The molecule has 0 spiro atoms. The predicted molar refractivity (Wildman–Crippen MR) is 79.2 cm³/mol. The van der Waals surface area contributed by atoms with Gasteiger partial charge in [0.15, 0.2) is 0 Å². The van der Waals surface area contributed by atoms with Crippen molar-refractivity contribution in [2.45, 2.75) is 13.5 Å². The maximum atomic E-state index is 6.06. The van der Waals surface area contributed by atoms with Crippen LogP contribution >= 0.6 is 11.6 Å². The molecule has 0 aliphatic carbocycles. The summed E-state index contributed by atoms with van der Waals surface area (Å²) in [5.74, 6) is 0.830. The number of fused-ring (bicyclic) bond motifs is 1. The number of nitrogens with two attached hydrogens (primary N) is 1. The number of nitrogens with zero attached hydrogens (tertiary/aromatic N) is 1. The van der Waals surface area contributed by atoms with Crippen molar-refractivity contribution >= 4 is 22.6 Å². The van der Waals surface area contributed by atoms with Gasteiger partial charge in [0.25, 0.3) is 0 Å². The van der Waals surface area contributed by atoms with Gasteiger partial charge in [0.05, 0.1) is 11.0 Å². The van der Waals surface area contributed by atoms with E-state index in [0.29, 0.717) is 11.6 Å². The van der Waals surface area contributed by atoms with Gasteiger partial charge in [-0.25, -0.2) is 4.98 Å². The SMILES string of the molecule is Cc1ccc(Cl)cc1-c1nc2c(CN)cccc2[nH]1. The highest BCUT2D eigenvalue weighted by atomic mass is 35.5. The first kappa shape index (κ1) is 12.2. The lowest BCUT2D eigenvalue weighted by Crippen LogP contribution is -1.96. The second kappa shape index (κ2) is 4.68. The molecule has 0 amide bonds. The third-order valence-corrected chi connectivity index (χ3v) is 3.51. The van der Waals surface area contributed by atoms with Gasteiger partial charge in [-0.1, -0.05) is 29.8 Å². The molecule has 19 heavy (non-hydrogen) atoms. The van der Waals surface area contributed by atoms with Gasteiger partial charge in [-0.15, -0.1) is 0 Å². The Labute approximate surface area is 116 Å². The standard InChI is InChI=1S/C15H14ClN3/c1-9-5-6-11(16)7-12(9)15-18-13-4-2-3-10(8-17)14(13)19-15/h2-7H,8,17H2,1H3,(H,18,19). The molecule has 0 saturated carbocycles. The number of hydrogen-bond acceptors (Lipinski definition) is 2. The van der Waals surface area contributed by atoms with Gasteiger partial charge in [0, 0.05) is 17.1 Å². The van der Waals surface area contributed by atoms with Crippen LogP contribution in [-0.2, 0) is 6.54 Å². The van der Waals surface area contributed by atoms with Gasteiger partial charge in [-0.2, -0.15) is 0 Å². The van der Waals surface area contributed by atoms with Crippen LogP contribution in [0.1, 0.15) is 11.1 Å². The van der Waals surface area contributed by atoms with Gasteiger partial charge in [-0.05, 0) is 36.2 Å². The first-order valence-corrected chi connectivity index (χ1v) is 6.51. The predicted octanol–water partition coefficient (Wildman–Crippen LogP) is 3.65. The molecular formula is C15H14ClN3. The third-order valence-electron chi connectivity index (χ3n) is 3.27. The Bertz CT molecular complexity index is 746. The van der Waals surface area contributed by atoms with Crippen LogP contribution in [0.15, 0.2) is 36.4 Å². The van der Waals surface area contributed by atoms with Crippen molar-refractivity contribution in [3.05, 3.63) is 52.5 Å². The lowest BCUT2D eigenvalue weighted by atomic mass is 10.1. The van der Waals surface area contributed by atoms with E-state index in [1.807, 2.05) is 43.3 Å². The number of halogens is 1. The fraction of sp³-hybridized carbons (Fsp3) is 0.133. The molecule has 0 fully saturated rings. The maximum Gasteiger partial charge on any atom is 0.138 e. The third kappa shape index (κ3) is 2.11. The summed E-state index contributed by atoms with van der Waals surface area (Å²) in [6, 6.07) is 11.8. The molecule has 0 atom stereocenters. The van der Waals surface area contributed by atoms with E-state index in [9.17, 15) is 0 Å². The van der Waals surface area contributed by atoms with Crippen LogP contribution in [0.5, 0.6) is 0 Å². The quantitative estimate of drug-likeness (QED) is 0.747. The molecule has 3 rings (SSSR count). The minimum atomic E-state index is 0.482. The van der Waals surface area contributed by atoms with E-state index in [2.05, 4.69) is 9.97 Å². The van der Waals surface area contributed by atoms with E-state index in [0.717, 1.165) is 33.5 Å². The molecule has 0 bridgehead atoms. The Morgan fingerprint density at radius 2 is 2.11 bits per heavy atom. The average molecular weight is 272 g/mol. The number of nitrogens with one attached hydrogen (secondary N) is 1. The summed E-state index contributed by atoms with van der Waals surface area (Å²) in [5.41, 5.74) is 10.9. The molecule has 1 aromatic heterocycles. The number of benzene rings is 2. The van der Waals surface area contributed by atoms with Crippen LogP contribution in [0.4, 0.5) is 0 Å². The van der Waals surface area contributed by atoms with Crippen LogP contribution in [0.2, 0.25) is 5.02 Å². The fourth-order valence-corrected chi connectivity index (χ4v) is 2.41. The molecule has 2 aromatic carbocycles. The zero-order valence-corrected chi connectivity index (χ0v) is 11.3. The first-order valence-electron chi connectivity index (χ1n) is 6.13. The number of rotatable bonds is 2. The number of para-hydroxylation sites is 1. The molecule has 3 N–H and O–H groups in total. The monoisotopic (exact) mass is 271 g/mol. The van der Waals surface area contributed by atoms with Crippen LogP contribution in [0.25, 0.3) is 22.4 Å². The van der Waals surface area contributed by atoms with E-state index in [1.54, 1.807) is 0 Å².